The number of nitrogens with zero attached hydrogens (tertiary/aromatic N) is 1. The molecule has 0 aliphatic carbocycles. The lowest BCUT2D eigenvalue weighted by molar-refractivity contribution is 0.495. The Morgan fingerprint density at radius 3 is 2.90 bits per heavy atom. The molecule has 3 rings (SSSR count). The van der Waals surface area contributed by atoms with Gasteiger partial charge in [0.05, 0.1) is 22.5 Å². The van der Waals surface area contributed by atoms with Crippen molar-refractivity contribution in [1.29, 1.82) is 0 Å². The molecule has 4 nitrogen and oxygen atoms in total. The van der Waals surface area contributed by atoms with E-state index in [1.165, 1.54) is 6.07 Å². The van der Waals surface area contributed by atoms with E-state index >= 15 is 0 Å². The van der Waals surface area contributed by atoms with Crippen LogP contribution in [0.15, 0.2) is 12.1 Å². The predicted molar refractivity (Wildman–Crippen MR) is 78.6 cm³/mol. The van der Waals surface area contributed by atoms with Crippen molar-refractivity contribution in [2.45, 2.75) is 19.9 Å². The minimum absolute atomic E-state index is 0.0797. The maximum Gasteiger partial charge on any atom is 0.178 e. The molecule has 2 heterocycles. The van der Waals surface area contributed by atoms with E-state index in [0.717, 1.165) is 5.52 Å². The standard InChI is InChI=1S/C13H15FN2O2S2/c1-8-4-12-11(5-10(8)14)15-13(19)16(12)6-9-2-3-20(17,18)7-9/h4-5,9H,2-3,6-7H2,1H3,(H,15,19). The van der Waals surface area contributed by atoms with Gasteiger partial charge in [0.15, 0.2) is 14.6 Å². The first-order valence-electron chi connectivity index (χ1n) is 6.45. The summed E-state index contributed by atoms with van der Waals surface area (Å²) >= 11 is 5.27. The van der Waals surface area contributed by atoms with Crippen LogP contribution in [-0.4, -0.2) is 29.5 Å². The minimum atomic E-state index is -2.90. The average molecular weight is 314 g/mol. The number of rotatable bonds is 2. The zero-order valence-electron chi connectivity index (χ0n) is 11.0. The van der Waals surface area contributed by atoms with E-state index in [-0.39, 0.29) is 23.2 Å². The first-order chi connectivity index (χ1) is 9.35. The molecule has 1 aromatic heterocycles. The number of hydrogen-bond acceptors (Lipinski definition) is 3. The lowest BCUT2D eigenvalue weighted by atomic mass is 10.1. The third-order valence-electron chi connectivity index (χ3n) is 3.82. The van der Waals surface area contributed by atoms with Crippen LogP contribution >= 0.6 is 12.2 Å². The van der Waals surface area contributed by atoms with Gasteiger partial charge in [-0.1, -0.05) is 0 Å². The molecule has 0 saturated carbocycles. The van der Waals surface area contributed by atoms with Crippen molar-refractivity contribution in [2.75, 3.05) is 11.5 Å². The van der Waals surface area contributed by atoms with Crippen molar-refractivity contribution in [1.82, 2.24) is 9.55 Å². The summed E-state index contributed by atoms with van der Waals surface area (Å²) in [6.45, 7) is 2.26. The highest BCUT2D eigenvalue weighted by Crippen LogP contribution is 2.24. The van der Waals surface area contributed by atoms with Crippen LogP contribution in [0.4, 0.5) is 4.39 Å². The monoisotopic (exact) mass is 314 g/mol. The second-order valence-electron chi connectivity index (χ2n) is 5.43. The van der Waals surface area contributed by atoms with Gasteiger partial charge in [0.25, 0.3) is 0 Å². The maximum atomic E-state index is 13.6. The molecule has 1 N–H and O–H groups in total. The van der Waals surface area contributed by atoms with Crippen LogP contribution in [0, 0.1) is 23.4 Å². The molecule has 1 unspecified atom stereocenters. The van der Waals surface area contributed by atoms with E-state index in [2.05, 4.69) is 4.98 Å². The topological polar surface area (TPSA) is 54.9 Å². The smallest absolute Gasteiger partial charge is 0.178 e. The van der Waals surface area contributed by atoms with Gasteiger partial charge in [0.2, 0.25) is 0 Å². The fraction of sp³-hybridized carbons (Fsp3) is 0.462. The van der Waals surface area contributed by atoms with Gasteiger partial charge in [-0.15, -0.1) is 0 Å². The Morgan fingerprint density at radius 2 is 2.25 bits per heavy atom. The predicted octanol–water partition coefficient (Wildman–Crippen LogP) is 2.58. The minimum Gasteiger partial charge on any atom is -0.330 e. The number of aromatic nitrogens is 2. The first kappa shape index (κ1) is 13.8. The van der Waals surface area contributed by atoms with E-state index in [4.69, 9.17) is 12.2 Å². The van der Waals surface area contributed by atoms with Crippen LogP contribution in [-0.2, 0) is 16.4 Å². The van der Waals surface area contributed by atoms with Crippen LogP contribution in [0.3, 0.4) is 0 Å². The molecule has 1 aromatic carbocycles. The summed E-state index contributed by atoms with van der Waals surface area (Å²) in [6, 6.07) is 3.18. The number of sulfone groups is 1. The molecule has 1 aliphatic rings. The highest BCUT2D eigenvalue weighted by molar-refractivity contribution is 7.91. The van der Waals surface area contributed by atoms with Crippen LogP contribution in [0.5, 0.6) is 0 Å². The fourth-order valence-corrected chi connectivity index (χ4v) is 4.87. The highest BCUT2D eigenvalue weighted by Gasteiger charge is 2.28. The molecular weight excluding hydrogens is 299 g/mol. The number of fused-ring (bicyclic) bond motifs is 1. The second kappa shape index (κ2) is 4.66. The molecule has 1 fully saturated rings. The highest BCUT2D eigenvalue weighted by atomic mass is 32.2. The van der Waals surface area contributed by atoms with Crippen LogP contribution < -0.4 is 0 Å². The second-order valence-corrected chi connectivity index (χ2v) is 8.04. The summed E-state index contributed by atoms with van der Waals surface area (Å²) in [4.78, 5) is 2.98. The van der Waals surface area contributed by atoms with Gasteiger partial charge in [-0.05, 0) is 49.2 Å². The Balaban J connectivity index is 2.02. The third-order valence-corrected chi connectivity index (χ3v) is 5.98. The van der Waals surface area contributed by atoms with E-state index in [1.54, 1.807) is 13.0 Å². The number of imidazole rings is 1. The van der Waals surface area contributed by atoms with E-state index in [0.29, 0.717) is 28.8 Å². The number of halogens is 1. The molecule has 1 saturated heterocycles. The molecule has 7 heteroatoms. The Labute approximate surface area is 121 Å². The Bertz CT molecular complexity index is 836. The molecule has 20 heavy (non-hydrogen) atoms. The van der Waals surface area contributed by atoms with Crippen LogP contribution in [0.1, 0.15) is 12.0 Å². The first-order valence-corrected chi connectivity index (χ1v) is 8.68. The van der Waals surface area contributed by atoms with Gasteiger partial charge in [-0.25, -0.2) is 12.8 Å². The number of nitrogens with one attached hydrogen (secondary N) is 1. The van der Waals surface area contributed by atoms with E-state index < -0.39 is 9.84 Å². The van der Waals surface area contributed by atoms with E-state index in [9.17, 15) is 12.8 Å². The summed E-state index contributed by atoms with van der Waals surface area (Å²) in [6.07, 6.45) is 0.664. The summed E-state index contributed by atoms with van der Waals surface area (Å²) < 4.78 is 39.0. The van der Waals surface area contributed by atoms with Gasteiger partial charge >= 0.3 is 0 Å². The van der Waals surface area contributed by atoms with Gasteiger partial charge < -0.3 is 9.55 Å². The van der Waals surface area contributed by atoms with Gasteiger partial charge in [0, 0.05) is 6.54 Å². The third kappa shape index (κ3) is 2.40. The SMILES string of the molecule is Cc1cc2c(cc1F)[nH]c(=S)n2CC1CCS(=O)(=O)C1. The Morgan fingerprint density at radius 1 is 1.50 bits per heavy atom. The zero-order chi connectivity index (χ0) is 14.5. The summed E-state index contributed by atoms with van der Waals surface area (Å²) in [7, 11) is -2.90. The van der Waals surface area contributed by atoms with Crippen molar-refractivity contribution >= 4 is 33.1 Å². The molecular formula is C13H15FN2O2S2. The van der Waals surface area contributed by atoms with Crippen LogP contribution in [0.2, 0.25) is 0 Å². The lowest BCUT2D eigenvalue weighted by Gasteiger charge is -2.10. The van der Waals surface area contributed by atoms with Crippen molar-refractivity contribution < 1.29 is 12.8 Å². The summed E-state index contributed by atoms with van der Waals surface area (Å²) in [5.74, 6) is 0.267. The number of H-pyrrole nitrogens is 1. The molecule has 2 aromatic rings. The Kier molecular flexibility index (Phi) is 3.21. The normalized spacial score (nSPS) is 21.6. The molecule has 0 amide bonds. The average Bonchev–Trinajstić information content (AvgIpc) is 2.83. The summed E-state index contributed by atoms with van der Waals surface area (Å²) in [5, 5.41) is 0. The van der Waals surface area contributed by atoms with Crippen molar-refractivity contribution in [3.63, 3.8) is 0 Å². The largest absolute Gasteiger partial charge is 0.330 e. The van der Waals surface area contributed by atoms with Crippen molar-refractivity contribution in [3.8, 4) is 0 Å². The lowest BCUT2D eigenvalue weighted by Crippen LogP contribution is -2.12. The molecule has 0 spiro atoms. The van der Waals surface area contributed by atoms with Crippen molar-refractivity contribution in [3.05, 3.63) is 28.3 Å². The quantitative estimate of drug-likeness (QED) is 0.867. The molecule has 108 valence electrons. The maximum absolute atomic E-state index is 13.6. The summed E-state index contributed by atoms with van der Waals surface area (Å²) in [5.41, 5.74) is 2.04. The zero-order valence-corrected chi connectivity index (χ0v) is 12.7. The van der Waals surface area contributed by atoms with Gasteiger partial charge in [0.1, 0.15) is 5.82 Å². The fourth-order valence-electron chi connectivity index (χ4n) is 2.74. The molecule has 1 atom stereocenters. The molecule has 0 radical (unpaired) electrons. The van der Waals surface area contributed by atoms with E-state index in [1.807, 2.05) is 4.57 Å². The molecule has 0 bridgehead atoms. The van der Waals surface area contributed by atoms with Crippen LogP contribution in [0.25, 0.3) is 11.0 Å². The van der Waals surface area contributed by atoms with Gasteiger partial charge in [-0.3, -0.25) is 0 Å². The number of aryl methyl sites for hydroxylation is 1. The Hall–Kier alpha value is -1.21. The number of aromatic amines is 1. The number of hydrogen-bond donors (Lipinski definition) is 1. The van der Waals surface area contributed by atoms with Gasteiger partial charge in [-0.2, -0.15) is 0 Å². The number of benzene rings is 1. The van der Waals surface area contributed by atoms with Crippen molar-refractivity contribution in [2.24, 2.45) is 5.92 Å². The molecule has 1 aliphatic heterocycles.